The lowest BCUT2D eigenvalue weighted by Crippen LogP contribution is -2.24. The zero-order chi connectivity index (χ0) is 24.9. The molecular formula is C26H22F2N6O. The summed E-state index contributed by atoms with van der Waals surface area (Å²) in [7, 11) is 0. The lowest BCUT2D eigenvalue weighted by atomic mass is 9.89. The maximum atomic E-state index is 14.2. The van der Waals surface area contributed by atoms with Gasteiger partial charge in [-0.25, -0.2) is 13.8 Å². The molecule has 5 rings (SSSR count). The van der Waals surface area contributed by atoms with Crippen LogP contribution in [0.4, 0.5) is 20.5 Å². The molecule has 9 heteroatoms. The molecule has 1 atom stereocenters. The highest BCUT2D eigenvalue weighted by Crippen LogP contribution is 2.47. The van der Waals surface area contributed by atoms with E-state index >= 15 is 0 Å². The summed E-state index contributed by atoms with van der Waals surface area (Å²) in [6.07, 6.45) is 2.99. The highest BCUT2D eigenvalue weighted by Gasteiger charge is 2.34. The first kappa shape index (κ1) is 22.5. The normalized spacial score (nSPS) is 14.0. The molecule has 1 fully saturated rings. The van der Waals surface area contributed by atoms with Crippen molar-refractivity contribution in [2.45, 2.75) is 38.6 Å². The number of nitrogens with two attached hydrogens (primary N) is 1. The number of anilines is 2. The minimum atomic E-state index is -0.545. The third kappa shape index (κ3) is 3.97. The first-order valence-corrected chi connectivity index (χ1v) is 11.2. The van der Waals surface area contributed by atoms with Gasteiger partial charge in [-0.05, 0) is 73.6 Å². The minimum Gasteiger partial charge on any atom is -0.368 e. The SMILES string of the molecule is Cc1nc(N)nc(N[C@@H](C)c2c(-c3cccc(F)c3)c(=O)n3cc(F)ccc3c2C2CC2)c1C#N. The summed E-state index contributed by atoms with van der Waals surface area (Å²) >= 11 is 0. The highest BCUT2D eigenvalue weighted by molar-refractivity contribution is 5.76. The number of aryl methyl sites for hydroxylation is 1. The molecule has 3 heterocycles. The monoisotopic (exact) mass is 472 g/mol. The minimum absolute atomic E-state index is 0.0121. The van der Waals surface area contributed by atoms with E-state index in [9.17, 15) is 18.8 Å². The number of nitrogens with zero attached hydrogens (tertiary/aromatic N) is 4. The highest BCUT2D eigenvalue weighted by atomic mass is 19.1. The molecule has 0 radical (unpaired) electrons. The molecule has 0 spiro atoms. The number of halogens is 2. The summed E-state index contributed by atoms with van der Waals surface area (Å²) in [6, 6.07) is 10.3. The van der Waals surface area contributed by atoms with Crippen LogP contribution in [0.3, 0.4) is 0 Å². The number of nitrogen functional groups attached to an aromatic ring is 1. The van der Waals surface area contributed by atoms with E-state index in [0.717, 1.165) is 24.6 Å². The summed E-state index contributed by atoms with van der Waals surface area (Å²) in [4.78, 5) is 22.0. The van der Waals surface area contributed by atoms with Crippen LogP contribution < -0.4 is 16.6 Å². The summed E-state index contributed by atoms with van der Waals surface area (Å²) in [5, 5.41) is 12.9. The van der Waals surface area contributed by atoms with Gasteiger partial charge < -0.3 is 11.1 Å². The quantitative estimate of drug-likeness (QED) is 0.430. The number of nitrogens with one attached hydrogen (secondary N) is 1. The lowest BCUT2D eigenvalue weighted by molar-refractivity contribution is 0.617. The number of hydrogen-bond donors (Lipinski definition) is 2. The lowest BCUT2D eigenvalue weighted by Gasteiger charge is -2.24. The van der Waals surface area contributed by atoms with Gasteiger partial charge in [0.05, 0.1) is 22.8 Å². The van der Waals surface area contributed by atoms with Gasteiger partial charge in [0.15, 0.2) is 0 Å². The number of benzene rings is 1. The Balaban J connectivity index is 1.81. The Morgan fingerprint density at radius 3 is 2.66 bits per heavy atom. The van der Waals surface area contributed by atoms with Crippen LogP contribution in [0.15, 0.2) is 47.4 Å². The molecule has 35 heavy (non-hydrogen) atoms. The molecule has 0 aliphatic heterocycles. The predicted octanol–water partition coefficient (Wildman–Crippen LogP) is 4.85. The Kier molecular flexibility index (Phi) is 5.44. The maximum Gasteiger partial charge on any atom is 0.263 e. The van der Waals surface area contributed by atoms with Crippen LogP contribution in [0.5, 0.6) is 0 Å². The van der Waals surface area contributed by atoms with Gasteiger partial charge >= 0.3 is 0 Å². The second-order valence-corrected chi connectivity index (χ2v) is 8.76. The van der Waals surface area contributed by atoms with E-state index in [2.05, 4.69) is 21.4 Å². The van der Waals surface area contributed by atoms with Crippen molar-refractivity contribution in [2.24, 2.45) is 0 Å². The third-order valence-corrected chi connectivity index (χ3v) is 6.28. The van der Waals surface area contributed by atoms with Gasteiger partial charge in [-0.1, -0.05) is 12.1 Å². The standard InChI is InChI=1S/C26H22F2N6O/c1-13-19(11-29)24(33-26(30)32-13)31-14(2)21-22(15-6-7-15)20-9-8-18(28)12-34(20)25(35)23(21)16-4-3-5-17(27)10-16/h3-5,8-10,12,14-15H,6-7H2,1-2H3,(H3,30,31,32,33)/t14-/m0/s1. The van der Waals surface area contributed by atoms with E-state index in [4.69, 9.17) is 5.73 Å². The second kappa shape index (κ2) is 8.47. The van der Waals surface area contributed by atoms with E-state index in [1.165, 1.54) is 28.7 Å². The van der Waals surface area contributed by atoms with Crippen molar-refractivity contribution in [3.63, 3.8) is 0 Å². The predicted molar refractivity (Wildman–Crippen MR) is 129 cm³/mol. The van der Waals surface area contributed by atoms with Crippen molar-refractivity contribution < 1.29 is 8.78 Å². The molecule has 3 aromatic heterocycles. The van der Waals surface area contributed by atoms with Crippen molar-refractivity contribution >= 4 is 17.3 Å². The van der Waals surface area contributed by atoms with Crippen molar-refractivity contribution in [2.75, 3.05) is 11.1 Å². The molecule has 0 bridgehead atoms. The summed E-state index contributed by atoms with van der Waals surface area (Å²) in [6.45, 7) is 3.51. The van der Waals surface area contributed by atoms with E-state index < -0.39 is 23.2 Å². The fraction of sp³-hybridized carbons (Fsp3) is 0.231. The van der Waals surface area contributed by atoms with Crippen molar-refractivity contribution in [1.82, 2.24) is 14.4 Å². The number of pyridine rings is 2. The van der Waals surface area contributed by atoms with Crippen LogP contribution in [-0.4, -0.2) is 14.4 Å². The Labute approximate surface area is 199 Å². The summed E-state index contributed by atoms with van der Waals surface area (Å²) in [5.41, 5.74) is 8.85. The number of aromatic nitrogens is 3. The van der Waals surface area contributed by atoms with Gasteiger partial charge in [0, 0.05) is 6.20 Å². The van der Waals surface area contributed by atoms with E-state index in [1.807, 2.05) is 6.92 Å². The largest absolute Gasteiger partial charge is 0.368 e. The summed E-state index contributed by atoms with van der Waals surface area (Å²) in [5.74, 6) is -0.614. The van der Waals surface area contributed by atoms with E-state index in [0.29, 0.717) is 22.3 Å². The Hall–Kier alpha value is -4.32. The Bertz CT molecular complexity index is 1590. The van der Waals surface area contributed by atoms with Crippen LogP contribution in [0.25, 0.3) is 16.6 Å². The molecule has 1 aliphatic carbocycles. The average molecular weight is 472 g/mol. The first-order chi connectivity index (χ1) is 16.8. The molecular weight excluding hydrogens is 450 g/mol. The van der Waals surface area contributed by atoms with E-state index in [1.54, 1.807) is 19.1 Å². The molecule has 0 unspecified atom stereocenters. The number of hydrogen-bond acceptors (Lipinski definition) is 6. The molecule has 0 saturated heterocycles. The Morgan fingerprint density at radius 2 is 1.97 bits per heavy atom. The van der Waals surface area contributed by atoms with Gasteiger partial charge in [-0.3, -0.25) is 9.20 Å². The fourth-order valence-electron chi connectivity index (χ4n) is 4.65. The topological polar surface area (TPSA) is 109 Å². The van der Waals surface area contributed by atoms with Gasteiger partial charge in [0.1, 0.15) is 29.1 Å². The van der Waals surface area contributed by atoms with Crippen LogP contribution in [-0.2, 0) is 0 Å². The van der Waals surface area contributed by atoms with Crippen LogP contribution in [0, 0.1) is 29.9 Å². The van der Waals surface area contributed by atoms with Gasteiger partial charge in [0.25, 0.3) is 5.56 Å². The molecule has 176 valence electrons. The fourth-order valence-corrected chi connectivity index (χ4v) is 4.65. The molecule has 1 aliphatic rings. The third-order valence-electron chi connectivity index (χ3n) is 6.28. The zero-order valence-corrected chi connectivity index (χ0v) is 19.1. The zero-order valence-electron chi connectivity index (χ0n) is 19.1. The van der Waals surface area contributed by atoms with Crippen LogP contribution >= 0.6 is 0 Å². The van der Waals surface area contributed by atoms with Crippen LogP contribution in [0.2, 0.25) is 0 Å². The molecule has 1 saturated carbocycles. The Morgan fingerprint density at radius 1 is 1.20 bits per heavy atom. The van der Waals surface area contributed by atoms with Gasteiger partial charge in [0.2, 0.25) is 5.95 Å². The molecule has 3 N–H and O–H groups in total. The molecule has 7 nitrogen and oxygen atoms in total. The number of fused-ring (bicyclic) bond motifs is 1. The van der Waals surface area contributed by atoms with Gasteiger partial charge in [-0.2, -0.15) is 10.2 Å². The van der Waals surface area contributed by atoms with Crippen molar-refractivity contribution in [3.8, 4) is 17.2 Å². The maximum absolute atomic E-state index is 14.2. The average Bonchev–Trinajstić information content (AvgIpc) is 3.64. The molecule has 1 aromatic carbocycles. The van der Waals surface area contributed by atoms with Crippen molar-refractivity contribution in [3.05, 3.63) is 87.0 Å². The molecule has 0 amide bonds. The smallest absolute Gasteiger partial charge is 0.263 e. The van der Waals surface area contributed by atoms with Gasteiger partial charge in [-0.15, -0.1) is 0 Å². The molecule has 4 aromatic rings. The number of nitriles is 1. The van der Waals surface area contributed by atoms with Crippen LogP contribution in [0.1, 0.15) is 54.1 Å². The summed E-state index contributed by atoms with van der Waals surface area (Å²) < 4.78 is 29.7. The van der Waals surface area contributed by atoms with E-state index in [-0.39, 0.29) is 28.8 Å². The first-order valence-electron chi connectivity index (χ1n) is 11.2. The number of rotatable bonds is 5. The van der Waals surface area contributed by atoms with Crippen molar-refractivity contribution in [1.29, 1.82) is 5.26 Å². The second-order valence-electron chi connectivity index (χ2n) is 8.76.